The minimum Gasteiger partial charge on any atom is -0.342 e. The van der Waals surface area contributed by atoms with Crippen molar-refractivity contribution in [3.63, 3.8) is 0 Å². The number of aromatic nitrogens is 3. The number of fused-ring (bicyclic) bond motifs is 1. The first-order valence-corrected chi connectivity index (χ1v) is 10.0. The number of amides is 1. The summed E-state index contributed by atoms with van der Waals surface area (Å²) in [5, 5.41) is 1.03. The van der Waals surface area contributed by atoms with Crippen molar-refractivity contribution in [1.82, 2.24) is 19.9 Å². The van der Waals surface area contributed by atoms with Crippen LogP contribution in [-0.4, -0.2) is 38.8 Å². The molecule has 1 aliphatic rings. The van der Waals surface area contributed by atoms with Crippen LogP contribution in [0.25, 0.3) is 11.0 Å². The van der Waals surface area contributed by atoms with Crippen molar-refractivity contribution in [1.29, 1.82) is 0 Å². The minimum atomic E-state index is 0.228. The van der Waals surface area contributed by atoms with Gasteiger partial charge in [-0.25, -0.2) is 9.97 Å². The molecule has 1 N–H and O–H groups in total. The third-order valence-electron chi connectivity index (χ3n) is 5.10. The van der Waals surface area contributed by atoms with Gasteiger partial charge in [-0.2, -0.15) is 0 Å². The maximum atomic E-state index is 12.7. The molecule has 0 unspecified atom stereocenters. The molecule has 1 atom stereocenters. The Hall–Kier alpha value is -2.21. The van der Waals surface area contributed by atoms with Gasteiger partial charge < -0.3 is 9.88 Å². The number of benzene rings is 1. The van der Waals surface area contributed by atoms with E-state index in [1.807, 2.05) is 36.9 Å². The lowest BCUT2D eigenvalue weighted by Gasteiger charge is -2.32. The van der Waals surface area contributed by atoms with Gasteiger partial charge in [-0.1, -0.05) is 12.1 Å². The number of nitrogens with zero attached hydrogens (tertiary/aromatic N) is 3. The molecule has 1 saturated heterocycles. The van der Waals surface area contributed by atoms with Crippen LogP contribution in [0, 0.1) is 19.8 Å². The molecule has 4 rings (SSSR count). The summed E-state index contributed by atoms with van der Waals surface area (Å²) in [5.41, 5.74) is 3.10. The van der Waals surface area contributed by atoms with Crippen molar-refractivity contribution in [2.45, 2.75) is 39.5 Å². The zero-order chi connectivity index (χ0) is 18.1. The van der Waals surface area contributed by atoms with Gasteiger partial charge in [0.2, 0.25) is 5.91 Å². The first-order valence-electron chi connectivity index (χ1n) is 9.23. The predicted molar refractivity (Wildman–Crippen MR) is 104 cm³/mol. The van der Waals surface area contributed by atoms with E-state index in [-0.39, 0.29) is 5.91 Å². The Labute approximate surface area is 157 Å². The van der Waals surface area contributed by atoms with Gasteiger partial charge >= 0.3 is 0 Å². The second-order valence-corrected chi connectivity index (χ2v) is 8.46. The quantitative estimate of drug-likeness (QED) is 0.764. The first kappa shape index (κ1) is 17.2. The van der Waals surface area contributed by atoms with Gasteiger partial charge in [-0.3, -0.25) is 4.79 Å². The molecule has 0 radical (unpaired) electrons. The van der Waals surface area contributed by atoms with Crippen LogP contribution < -0.4 is 0 Å². The lowest BCUT2D eigenvalue weighted by Crippen LogP contribution is -2.41. The normalized spacial score (nSPS) is 17.8. The van der Waals surface area contributed by atoms with Gasteiger partial charge in [-0.05, 0) is 44.7 Å². The molecule has 1 aliphatic heterocycles. The molecular weight excluding hydrogens is 344 g/mol. The van der Waals surface area contributed by atoms with E-state index in [2.05, 4.69) is 16.0 Å². The van der Waals surface area contributed by atoms with E-state index in [0.29, 0.717) is 12.3 Å². The van der Waals surface area contributed by atoms with E-state index in [1.54, 1.807) is 11.3 Å². The number of carbonyl (C=O) groups excluding carboxylic acids is 1. The highest BCUT2D eigenvalue weighted by atomic mass is 32.1. The SMILES string of the molecule is Cc1nc(C)c(CC(=O)N2CCC[C@H](Cc3nc4ccccc4[nH]3)C2)s1. The molecule has 0 aliphatic carbocycles. The highest BCUT2D eigenvalue weighted by Gasteiger charge is 2.25. The molecule has 0 bridgehead atoms. The largest absolute Gasteiger partial charge is 0.342 e. The fourth-order valence-electron chi connectivity index (χ4n) is 3.82. The molecule has 3 aromatic rings. The van der Waals surface area contributed by atoms with Crippen molar-refractivity contribution in [3.8, 4) is 0 Å². The minimum absolute atomic E-state index is 0.228. The third kappa shape index (κ3) is 3.65. The predicted octanol–water partition coefficient (Wildman–Crippen LogP) is 3.66. The van der Waals surface area contributed by atoms with Crippen molar-refractivity contribution >= 4 is 28.3 Å². The number of thiazole rings is 1. The topological polar surface area (TPSA) is 61.9 Å². The summed E-state index contributed by atoms with van der Waals surface area (Å²) >= 11 is 1.64. The molecule has 6 heteroatoms. The molecule has 1 amide bonds. The molecule has 3 heterocycles. The van der Waals surface area contributed by atoms with Crippen molar-refractivity contribution in [3.05, 3.63) is 45.7 Å². The van der Waals surface area contributed by atoms with Crippen LogP contribution in [0.5, 0.6) is 0 Å². The van der Waals surface area contributed by atoms with Crippen molar-refractivity contribution in [2.24, 2.45) is 5.92 Å². The van der Waals surface area contributed by atoms with Gasteiger partial charge in [0, 0.05) is 24.4 Å². The van der Waals surface area contributed by atoms with E-state index < -0.39 is 0 Å². The number of carbonyl (C=O) groups is 1. The smallest absolute Gasteiger partial charge is 0.227 e. The van der Waals surface area contributed by atoms with Gasteiger partial charge in [0.05, 0.1) is 28.2 Å². The van der Waals surface area contributed by atoms with Crippen molar-refractivity contribution < 1.29 is 4.79 Å². The average molecular weight is 369 g/mol. The molecule has 26 heavy (non-hydrogen) atoms. The Kier molecular flexibility index (Phi) is 4.76. The molecule has 1 fully saturated rings. The molecule has 5 nitrogen and oxygen atoms in total. The molecular formula is C20H24N4OS. The number of aryl methyl sites for hydroxylation is 2. The first-order chi connectivity index (χ1) is 12.6. The second-order valence-electron chi connectivity index (χ2n) is 7.17. The number of imidazole rings is 1. The van der Waals surface area contributed by atoms with E-state index >= 15 is 0 Å². The molecule has 136 valence electrons. The van der Waals surface area contributed by atoms with Crippen molar-refractivity contribution in [2.75, 3.05) is 13.1 Å². The fourth-order valence-corrected chi connectivity index (χ4v) is 4.75. The van der Waals surface area contributed by atoms with Gasteiger partial charge in [0.1, 0.15) is 5.82 Å². The summed E-state index contributed by atoms with van der Waals surface area (Å²) in [6, 6.07) is 8.12. The maximum absolute atomic E-state index is 12.7. The van der Waals surface area contributed by atoms with Crippen LogP contribution in [-0.2, 0) is 17.6 Å². The zero-order valence-electron chi connectivity index (χ0n) is 15.3. The lowest BCUT2D eigenvalue weighted by atomic mass is 9.94. The van der Waals surface area contributed by atoms with Gasteiger partial charge in [-0.15, -0.1) is 11.3 Å². The number of piperidine rings is 1. The molecule has 0 saturated carbocycles. The number of rotatable bonds is 4. The highest BCUT2D eigenvalue weighted by Crippen LogP contribution is 2.23. The number of aromatic amines is 1. The number of hydrogen-bond donors (Lipinski definition) is 1. The van der Waals surface area contributed by atoms with Gasteiger partial charge in [0.25, 0.3) is 0 Å². The summed E-state index contributed by atoms with van der Waals surface area (Å²) in [4.78, 5) is 28.4. The summed E-state index contributed by atoms with van der Waals surface area (Å²) < 4.78 is 0. The molecule has 1 aromatic carbocycles. The number of nitrogens with one attached hydrogen (secondary N) is 1. The number of para-hydroxylation sites is 2. The number of H-pyrrole nitrogens is 1. The highest BCUT2D eigenvalue weighted by molar-refractivity contribution is 7.11. The Bertz CT molecular complexity index is 896. The Morgan fingerprint density at radius 1 is 1.31 bits per heavy atom. The molecule has 2 aromatic heterocycles. The second kappa shape index (κ2) is 7.19. The van der Waals surface area contributed by atoms with Crippen LogP contribution in [0.2, 0.25) is 0 Å². The summed E-state index contributed by atoms with van der Waals surface area (Å²) in [6.07, 6.45) is 3.60. The number of hydrogen-bond acceptors (Lipinski definition) is 4. The standard InChI is InChI=1S/C20H24N4OS/c1-13-18(26-14(2)21-13)11-20(25)24-9-5-6-15(12-24)10-19-22-16-7-3-4-8-17(16)23-19/h3-4,7-8,15H,5-6,9-12H2,1-2H3,(H,22,23)/t15-/m1/s1. The Morgan fingerprint density at radius 2 is 2.15 bits per heavy atom. The van der Waals surface area contributed by atoms with Crippen LogP contribution >= 0.6 is 11.3 Å². The Balaban J connectivity index is 1.40. The van der Waals surface area contributed by atoms with E-state index in [0.717, 1.165) is 64.8 Å². The van der Waals surface area contributed by atoms with Crippen LogP contribution in [0.15, 0.2) is 24.3 Å². The fraction of sp³-hybridized carbons (Fsp3) is 0.450. The van der Waals surface area contributed by atoms with Crippen LogP contribution in [0.4, 0.5) is 0 Å². The summed E-state index contributed by atoms with van der Waals surface area (Å²) in [7, 11) is 0. The van der Waals surface area contributed by atoms with Gasteiger partial charge in [0.15, 0.2) is 0 Å². The maximum Gasteiger partial charge on any atom is 0.227 e. The van der Waals surface area contributed by atoms with E-state index in [1.165, 1.54) is 0 Å². The van der Waals surface area contributed by atoms with Crippen LogP contribution in [0.1, 0.15) is 34.2 Å². The third-order valence-corrected chi connectivity index (χ3v) is 6.18. The number of likely N-dealkylation sites (tertiary alicyclic amines) is 1. The average Bonchev–Trinajstić information content (AvgIpc) is 3.17. The van der Waals surface area contributed by atoms with E-state index in [4.69, 9.17) is 4.98 Å². The summed E-state index contributed by atoms with van der Waals surface area (Å²) in [6.45, 7) is 5.68. The van der Waals surface area contributed by atoms with Crippen LogP contribution in [0.3, 0.4) is 0 Å². The van der Waals surface area contributed by atoms with E-state index in [9.17, 15) is 4.79 Å². The monoisotopic (exact) mass is 368 g/mol. The zero-order valence-corrected chi connectivity index (χ0v) is 16.1. The lowest BCUT2D eigenvalue weighted by molar-refractivity contribution is -0.132. The molecule has 0 spiro atoms. The Morgan fingerprint density at radius 3 is 2.92 bits per heavy atom. The summed E-state index contributed by atoms with van der Waals surface area (Å²) in [5.74, 6) is 1.73.